The number of unbranched alkanes of at least 4 members (excludes halogenated alkanes) is 3. The molecule has 0 aliphatic carbocycles. The van der Waals surface area contributed by atoms with Crippen molar-refractivity contribution in [2.45, 2.75) is 99.4 Å². The van der Waals surface area contributed by atoms with Crippen molar-refractivity contribution in [3.05, 3.63) is 24.2 Å². The monoisotopic (exact) mass is 500 g/mol. The van der Waals surface area contributed by atoms with Gasteiger partial charge in [-0.25, -0.2) is 4.79 Å². The molecule has 0 bridgehead atoms. The fraction of sp³-hybridized carbons (Fsp3) is 0.739. The summed E-state index contributed by atoms with van der Waals surface area (Å²) in [6.07, 6.45) is 10.4. The summed E-state index contributed by atoms with van der Waals surface area (Å²) < 4.78 is 10.2. The van der Waals surface area contributed by atoms with E-state index in [-0.39, 0.29) is 5.92 Å². The minimum atomic E-state index is -0.907. The Hall–Kier alpha value is -0.781. The van der Waals surface area contributed by atoms with Crippen LogP contribution in [0.1, 0.15) is 85.8 Å². The van der Waals surface area contributed by atoms with Gasteiger partial charge in [0.15, 0.2) is 0 Å². The average molecular weight is 499 g/mol. The summed E-state index contributed by atoms with van der Waals surface area (Å²) >= 11 is -0.839. The average Bonchev–Trinajstić information content (AvgIpc) is 3.20. The third-order valence-corrected chi connectivity index (χ3v) is 13.8. The zero-order valence-electron chi connectivity index (χ0n) is 19.0. The Morgan fingerprint density at radius 1 is 1.07 bits per heavy atom. The number of carbonyl (C=O) groups is 1. The summed E-state index contributed by atoms with van der Waals surface area (Å²) in [5, 5.41) is 8.95. The predicted molar refractivity (Wildman–Crippen MR) is 122 cm³/mol. The number of furan rings is 1. The summed E-state index contributed by atoms with van der Waals surface area (Å²) in [5.74, 6) is -0.329. The van der Waals surface area contributed by atoms with Gasteiger partial charge in [0.25, 0.3) is 0 Å². The van der Waals surface area contributed by atoms with Crippen LogP contribution in [0.25, 0.3) is 0 Å². The number of aliphatic carboxylic acids is 1. The molecule has 4 nitrogen and oxygen atoms in total. The third-order valence-electron chi connectivity index (χ3n) is 4.75. The van der Waals surface area contributed by atoms with E-state index < -0.39 is 31.8 Å². The Labute approximate surface area is 179 Å². The van der Waals surface area contributed by atoms with Gasteiger partial charge in [0, 0.05) is 0 Å². The fourth-order valence-corrected chi connectivity index (χ4v) is 12.4. The Bertz CT molecular complexity index is 507. The van der Waals surface area contributed by atoms with Gasteiger partial charge >= 0.3 is 98.3 Å². The molecule has 0 saturated heterocycles. The zero-order valence-corrected chi connectivity index (χ0v) is 21.8. The molecule has 161 valence electrons. The number of carboxylic acid groups (broad SMARTS) is 1. The third kappa shape index (κ3) is 12.6. The van der Waals surface area contributed by atoms with Crippen LogP contribution in [0.4, 0.5) is 0 Å². The van der Waals surface area contributed by atoms with Gasteiger partial charge in [0.2, 0.25) is 0 Å². The van der Waals surface area contributed by atoms with E-state index in [0.29, 0.717) is 11.5 Å². The normalized spacial score (nSPS) is 12.8. The molecular weight excluding hydrogens is 457 g/mol. The van der Waals surface area contributed by atoms with E-state index in [9.17, 15) is 4.79 Å². The van der Waals surface area contributed by atoms with Crippen LogP contribution in [0, 0.1) is 5.92 Å². The molecular formula is C23H42NO3Sn. The summed E-state index contributed by atoms with van der Waals surface area (Å²) in [6, 6.07) is 2.80. The first-order valence-corrected chi connectivity index (χ1v) is 17.1. The van der Waals surface area contributed by atoms with Crippen molar-refractivity contribution in [3.63, 3.8) is 0 Å². The Morgan fingerprint density at radius 2 is 1.57 bits per heavy atom. The van der Waals surface area contributed by atoms with Crippen LogP contribution in [0.5, 0.6) is 0 Å². The number of rotatable bonds is 13. The molecule has 1 N–H and O–H groups in total. The molecule has 1 aromatic heterocycles. The van der Waals surface area contributed by atoms with Gasteiger partial charge in [-0.3, -0.25) is 4.99 Å². The first-order chi connectivity index (χ1) is 13.4. The van der Waals surface area contributed by atoms with Crippen molar-refractivity contribution < 1.29 is 14.3 Å². The van der Waals surface area contributed by atoms with Crippen molar-refractivity contribution in [3.8, 4) is 0 Å². The molecule has 1 rings (SSSR count). The molecule has 1 unspecified atom stereocenters. The molecule has 0 spiro atoms. The molecule has 0 aliphatic heterocycles. The quantitative estimate of drug-likeness (QED) is 0.233. The SMILES string of the molecule is CC(=NC(C(=O)O)C(C)C)c1ccco1.CCC[CH2][Sn]([CH2]CCC)[CH2]CCC. The van der Waals surface area contributed by atoms with Crippen molar-refractivity contribution in [2.75, 3.05) is 0 Å². The molecule has 1 atom stereocenters. The number of nitrogens with zero attached hydrogens (tertiary/aromatic N) is 1. The van der Waals surface area contributed by atoms with E-state index >= 15 is 0 Å². The standard InChI is InChI=1S/C11H15NO3.3C4H9.Sn/c1-7(2)10(11(13)14)12-8(3)9-5-4-6-15-9;3*1-3-4-2;/h4-7,10H,1-3H3,(H,13,14);3*1,3-4H2,2H3;. The van der Waals surface area contributed by atoms with Crippen molar-refractivity contribution in [1.29, 1.82) is 0 Å². The van der Waals surface area contributed by atoms with Crippen molar-refractivity contribution >= 4 is 31.4 Å². The maximum atomic E-state index is 10.9. The van der Waals surface area contributed by atoms with Gasteiger partial charge in [-0.15, -0.1) is 0 Å². The summed E-state index contributed by atoms with van der Waals surface area (Å²) in [4.78, 5) is 15.0. The van der Waals surface area contributed by atoms with Gasteiger partial charge < -0.3 is 9.52 Å². The second kappa shape index (κ2) is 17.1. The van der Waals surface area contributed by atoms with Gasteiger partial charge in [-0.2, -0.15) is 0 Å². The number of aliphatic imine (C=N–C) groups is 1. The zero-order chi connectivity index (χ0) is 21.4. The number of carboxylic acids is 1. The molecule has 0 aromatic carbocycles. The van der Waals surface area contributed by atoms with E-state index in [1.54, 1.807) is 38.6 Å². The number of hydrogen-bond donors (Lipinski definition) is 1. The molecule has 28 heavy (non-hydrogen) atoms. The topological polar surface area (TPSA) is 62.8 Å². The second-order valence-electron chi connectivity index (χ2n) is 7.78. The van der Waals surface area contributed by atoms with Crippen LogP contribution >= 0.6 is 0 Å². The van der Waals surface area contributed by atoms with Crippen LogP contribution in [0.15, 0.2) is 27.8 Å². The van der Waals surface area contributed by atoms with E-state index in [2.05, 4.69) is 25.8 Å². The molecule has 0 amide bonds. The summed E-state index contributed by atoms with van der Waals surface area (Å²) in [6.45, 7) is 12.4. The number of hydrogen-bond acceptors (Lipinski definition) is 3. The van der Waals surface area contributed by atoms with Gasteiger partial charge in [0.05, 0.1) is 12.0 Å². The fourth-order valence-electron chi connectivity index (χ4n) is 2.90. The molecule has 1 aromatic rings. The first-order valence-electron chi connectivity index (χ1n) is 11.0. The maximum absolute atomic E-state index is 10.9. The molecule has 0 saturated carbocycles. The summed E-state index contributed by atoms with van der Waals surface area (Å²) in [5.41, 5.74) is 0.612. The van der Waals surface area contributed by atoms with Crippen molar-refractivity contribution in [2.24, 2.45) is 10.9 Å². The Balaban J connectivity index is 0.000000528. The van der Waals surface area contributed by atoms with E-state index in [1.165, 1.54) is 38.5 Å². The van der Waals surface area contributed by atoms with Crippen LogP contribution in [-0.2, 0) is 4.79 Å². The van der Waals surface area contributed by atoms with Crippen molar-refractivity contribution in [1.82, 2.24) is 0 Å². The van der Waals surface area contributed by atoms with Gasteiger partial charge in [-0.05, 0) is 25.0 Å². The molecule has 0 aliphatic rings. The van der Waals surface area contributed by atoms with E-state index in [4.69, 9.17) is 9.52 Å². The van der Waals surface area contributed by atoms with Gasteiger partial charge in [-0.1, -0.05) is 13.8 Å². The Morgan fingerprint density at radius 3 is 1.89 bits per heavy atom. The van der Waals surface area contributed by atoms with E-state index in [0.717, 1.165) is 0 Å². The first kappa shape index (κ1) is 27.2. The molecule has 1 heterocycles. The van der Waals surface area contributed by atoms with E-state index in [1.807, 2.05) is 13.8 Å². The second-order valence-corrected chi connectivity index (χ2v) is 16.3. The molecule has 5 heteroatoms. The van der Waals surface area contributed by atoms with Crippen LogP contribution < -0.4 is 0 Å². The van der Waals surface area contributed by atoms with Crippen LogP contribution in [0.2, 0.25) is 13.3 Å². The van der Waals surface area contributed by atoms with Gasteiger partial charge in [0.1, 0.15) is 11.8 Å². The molecule has 1 radical (unpaired) electrons. The summed E-state index contributed by atoms with van der Waals surface area (Å²) in [7, 11) is 0. The van der Waals surface area contributed by atoms with Crippen LogP contribution in [0.3, 0.4) is 0 Å². The predicted octanol–water partition coefficient (Wildman–Crippen LogP) is 7.08. The van der Waals surface area contributed by atoms with Crippen LogP contribution in [-0.4, -0.2) is 42.6 Å². The Kier molecular flexibility index (Phi) is 16.6. The molecule has 0 fully saturated rings. The minimum absolute atomic E-state index is 0.0348.